The average molecular weight is 879 g/mol. The van der Waals surface area contributed by atoms with Gasteiger partial charge >= 0.3 is 0 Å². The van der Waals surface area contributed by atoms with Gasteiger partial charge in [-0.05, 0) is 56.1 Å². The Balaban J connectivity index is 0.992. The summed E-state index contributed by atoms with van der Waals surface area (Å²) in [4.78, 5) is 56.3. The molecule has 3 aromatic heterocycles. The molecule has 18 nitrogen and oxygen atoms in total. The first-order valence-corrected chi connectivity index (χ1v) is 21.8. The summed E-state index contributed by atoms with van der Waals surface area (Å²) >= 11 is 0. The Bertz CT molecular complexity index is 2260. The summed E-state index contributed by atoms with van der Waals surface area (Å²) in [5.74, 6) is 1.09. The van der Waals surface area contributed by atoms with E-state index < -0.39 is 17.6 Å². The van der Waals surface area contributed by atoms with Gasteiger partial charge in [0.1, 0.15) is 18.7 Å². The number of methoxy groups -OCH3 is 1. The standard InChI is InChI=1S/C46H58N10O8/c1-3-21-61-23-25-63-27-28-64-26-24-62-22-20-54(36-12-10-35(48)11-13-36)17-7-16-49-45(58)43-52-32-56(53-43)44-41-40(39(60-2)31-51-44)38(30-50-41)42(57)46(59)55-18-14-34(15-19-55)37(29-47)33-8-5-4-6-9-33/h1,4-6,8-9,30-32,35-36,50H,7,10-28,48H2,2H3,(H,49,58). The molecule has 18 heteroatoms. The van der Waals surface area contributed by atoms with Crippen LogP contribution in [0, 0.1) is 23.7 Å². The second-order valence-corrected chi connectivity index (χ2v) is 15.5. The number of nitriles is 1. The van der Waals surface area contributed by atoms with Crippen LogP contribution in [0.4, 0.5) is 0 Å². The maximum absolute atomic E-state index is 13.8. The maximum Gasteiger partial charge on any atom is 0.295 e. The Morgan fingerprint density at radius 1 is 0.953 bits per heavy atom. The minimum atomic E-state index is -0.711. The van der Waals surface area contributed by atoms with Crippen LogP contribution in [0.1, 0.15) is 71.5 Å². The van der Waals surface area contributed by atoms with Gasteiger partial charge in [0.2, 0.25) is 5.82 Å². The fraction of sp³-hybridized carbons (Fsp3) is 0.500. The third kappa shape index (κ3) is 12.8. The van der Waals surface area contributed by atoms with Gasteiger partial charge in [0.25, 0.3) is 17.6 Å². The quantitative estimate of drug-likeness (QED) is 0.0302. The van der Waals surface area contributed by atoms with Crippen molar-refractivity contribution in [2.75, 3.05) is 92.7 Å². The highest BCUT2D eigenvalue weighted by Gasteiger charge is 2.31. The van der Waals surface area contributed by atoms with E-state index in [0.29, 0.717) is 108 Å². The lowest BCUT2D eigenvalue weighted by atomic mass is 9.90. The molecule has 6 rings (SSSR count). The number of ether oxygens (including phenoxy) is 5. The number of H-pyrrole nitrogens is 1. The van der Waals surface area contributed by atoms with E-state index in [2.05, 4.69) is 42.3 Å². The number of fused-ring (bicyclic) bond motifs is 1. The number of rotatable bonds is 24. The number of amides is 2. The zero-order valence-electron chi connectivity index (χ0n) is 36.5. The monoisotopic (exact) mass is 878 g/mol. The Morgan fingerprint density at radius 3 is 2.31 bits per heavy atom. The zero-order valence-corrected chi connectivity index (χ0v) is 36.5. The third-order valence-electron chi connectivity index (χ3n) is 11.4. The number of aromatic amines is 1. The van der Waals surface area contributed by atoms with Crippen LogP contribution in [-0.2, 0) is 23.7 Å². The lowest BCUT2D eigenvalue weighted by Crippen LogP contribution is -2.43. The first-order valence-electron chi connectivity index (χ1n) is 21.8. The van der Waals surface area contributed by atoms with Crippen molar-refractivity contribution in [3.8, 4) is 30.0 Å². The van der Waals surface area contributed by atoms with Crippen molar-refractivity contribution in [1.29, 1.82) is 5.26 Å². The zero-order chi connectivity index (χ0) is 45.1. The van der Waals surface area contributed by atoms with E-state index in [0.717, 1.165) is 49.9 Å². The number of terminal acetylenes is 1. The molecular formula is C46H58N10O8. The van der Waals surface area contributed by atoms with E-state index in [4.69, 9.17) is 35.8 Å². The Morgan fingerprint density at radius 2 is 1.64 bits per heavy atom. The fourth-order valence-electron chi connectivity index (χ4n) is 8.00. The molecule has 0 atom stereocenters. The molecule has 0 bridgehead atoms. The molecule has 1 aliphatic heterocycles. The molecule has 4 aromatic rings. The van der Waals surface area contributed by atoms with Crippen LogP contribution in [-0.4, -0.2) is 157 Å². The Kier molecular flexibility index (Phi) is 18.4. The highest BCUT2D eigenvalue weighted by molar-refractivity contribution is 6.45. The molecule has 4 N–H and O–H groups in total. The third-order valence-corrected chi connectivity index (χ3v) is 11.4. The summed E-state index contributed by atoms with van der Waals surface area (Å²) in [5.41, 5.74) is 9.09. The topological polar surface area (TPSA) is 225 Å². The van der Waals surface area contributed by atoms with Crippen LogP contribution in [0.5, 0.6) is 5.75 Å². The molecule has 64 heavy (non-hydrogen) atoms. The van der Waals surface area contributed by atoms with E-state index in [1.165, 1.54) is 35.4 Å². The minimum absolute atomic E-state index is 0.0523. The van der Waals surface area contributed by atoms with E-state index >= 15 is 0 Å². The number of nitrogens with zero attached hydrogens (tertiary/aromatic N) is 7. The van der Waals surface area contributed by atoms with Gasteiger partial charge in [-0.1, -0.05) is 36.3 Å². The number of piperidine rings is 1. The van der Waals surface area contributed by atoms with Crippen molar-refractivity contribution < 1.29 is 38.1 Å². The summed E-state index contributed by atoms with van der Waals surface area (Å²) in [6.45, 7) is 6.18. The summed E-state index contributed by atoms with van der Waals surface area (Å²) in [5, 5.41) is 17.6. The highest BCUT2D eigenvalue weighted by Crippen LogP contribution is 2.33. The molecule has 1 aliphatic carbocycles. The molecule has 0 radical (unpaired) electrons. The molecule has 2 aliphatic rings. The molecule has 1 saturated carbocycles. The summed E-state index contributed by atoms with van der Waals surface area (Å²) in [6.07, 6.45) is 15.1. The number of carbonyl (C=O) groups excluding carboxylic acids is 3. The molecule has 4 heterocycles. The van der Waals surface area contributed by atoms with Crippen molar-refractivity contribution in [3.63, 3.8) is 0 Å². The van der Waals surface area contributed by atoms with Crippen LogP contribution in [0.2, 0.25) is 0 Å². The lowest BCUT2D eigenvalue weighted by molar-refractivity contribution is -0.126. The van der Waals surface area contributed by atoms with Crippen LogP contribution >= 0.6 is 0 Å². The minimum Gasteiger partial charge on any atom is -0.494 e. The van der Waals surface area contributed by atoms with Gasteiger partial charge in [0.15, 0.2) is 5.82 Å². The number of pyridine rings is 1. The van der Waals surface area contributed by atoms with Gasteiger partial charge in [-0.25, -0.2) is 9.97 Å². The number of likely N-dealkylation sites (tertiary alicyclic amines) is 1. The van der Waals surface area contributed by atoms with Gasteiger partial charge in [-0.3, -0.25) is 19.3 Å². The number of hydrogen-bond acceptors (Lipinski definition) is 14. The second-order valence-electron chi connectivity index (χ2n) is 15.5. The average Bonchev–Trinajstić information content (AvgIpc) is 4.01. The number of hydrogen-bond donors (Lipinski definition) is 3. The predicted octanol–water partition coefficient (Wildman–Crippen LogP) is 3.33. The number of carbonyl (C=O) groups is 3. The lowest BCUT2D eigenvalue weighted by Gasteiger charge is -2.36. The van der Waals surface area contributed by atoms with Crippen molar-refractivity contribution >= 4 is 34.1 Å². The predicted molar refractivity (Wildman–Crippen MR) is 238 cm³/mol. The molecule has 1 aromatic carbocycles. The number of benzene rings is 1. The first kappa shape index (κ1) is 47.5. The Labute approximate surface area is 373 Å². The molecule has 2 fully saturated rings. The van der Waals surface area contributed by atoms with Crippen LogP contribution < -0.4 is 15.8 Å². The highest BCUT2D eigenvalue weighted by atomic mass is 16.6. The molecule has 340 valence electrons. The van der Waals surface area contributed by atoms with E-state index in [-0.39, 0.29) is 35.6 Å². The number of ketones is 1. The molecule has 1 saturated heterocycles. The normalized spacial score (nSPS) is 16.4. The van der Waals surface area contributed by atoms with Gasteiger partial charge in [-0.2, -0.15) is 9.94 Å². The van der Waals surface area contributed by atoms with E-state index in [1.807, 2.05) is 30.3 Å². The number of Topliss-reactive ketones (excluding diaryl/α,β-unsaturated/α-hetero) is 1. The summed E-state index contributed by atoms with van der Waals surface area (Å²) < 4.78 is 29.0. The van der Waals surface area contributed by atoms with Crippen molar-refractivity contribution in [2.24, 2.45) is 5.73 Å². The molecule has 2 amide bonds. The largest absolute Gasteiger partial charge is 0.494 e. The SMILES string of the molecule is C#CCOCCOCCOCCOCCN(CCCNC(=O)c1ncn(-c2ncc(OC)c3c(C(=O)C(=O)N4CCC(=C(C#N)c5ccccc5)CC4)c[nH]c23)n1)C1CCC(N)CC1. The van der Waals surface area contributed by atoms with Crippen molar-refractivity contribution in [2.45, 2.75) is 57.0 Å². The number of nitrogens with one attached hydrogen (secondary N) is 2. The van der Waals surface area contributed by atoms with Crippen LogP contribution in [0.15, 0.2) is 54.6 Å². The maximum atomic E-state index is 13.8. The smallest absolute Gasteiger partial charge is 0.295 e. The van der Waals surface area contributed by atoms with Gasteiger partial charge in [0, 0.05) is 51.0 Å². The number of allylic oxidation sites excluding steroid dienone is 1. The second kappa shape index (κ2) is 24.7. The molecule has 0 spiro atoms. The van der Waals surface area contributed by atoms with Gasteiger partial charge in [-0.15, -0.1) is 11.5 Å². The van der Waals surface area contributed by atoms with Crippen LogP contribution in [0.25, 0.3) is 22.3 Å². The van der Waals surface area contributed by atoms with E-state index in [1.54, 1.807) is 0 Å². The fourth-order valence-corrected chi connectivity index (χ4v) is 8.00. The Hall–Kier alpha value is -5.99. The van der Waals surface area contributed by atoms with Gasteiger partial charge in [0.05, 0.1) is 87.7 Å². The summed E-state index contributed by atoms with van der Waals surface area (Å²) in [7, 11) is 1.45. The molecular weight excluding hydrogens is 821 g/mol. The van der Waals surface area contributed by atoms with Crippen molar-refractivity contribution in [1.82, 2.24) is 39.8 Å². The number of aromatic nitrogens is 5. The van der Waals surface area contributed by atoms with Crippen LogP contribution in [0.3, 0.4) is 0 Å². The van der Waals surface area contributed by atoms with Gasteiger partial charge < -0.3 is 44.6 Å². The first-order chi connectivity index (χ1) is 31.3. The van der Waals surface area contributed by atoms with E-state index in [9.17, 15) is 19.6 Å². The van der Waals surface area contributed by atoms with Crippen molar-refractivity contribution in [3.05, 3.63) is 71.6 Å². The molecule has 0 unspecified atom stereocenters. The summed E-state index contributed by atoms with van der Waals surface area (Å²) in [6, 6.07) is 12.4. The number of nitrogens with two attached hydrogens (primary N) is 1.